The fraction of sp³-hybridized carbons (Fsp3) is 0.750. The fourth-order valence-corrected chi connectivity index (χ4v) is 0.289. The number of amides is 1. The van der Waals surface area contributed by atoms with Crippen molar-refractivity contribution in [1.29, 1.82) is 0 Å². The maximum Gasteiger partial charge on any atom is 0.252 e. The molecule has 0 saturated carbocycles. The first-order valence-electron chi connectivity index (χ1n) is 2.32. The van der Waals surface area contributed by atoms with E-state index in [-0.39, 0.29) is 13.0 Å². The normalized spacial score (nSPS) is 13.2. The first-order valence-corrected chi connectivity index (χ1v) is 2.32. The van der Waals surface area contributed by atoms with Gasteiger partial charge in [-0.1, -0.05) is 0 Å². The molecule has 0 heterocycles. The summed E-state index contributed by atoms with van der Waals surface area (Å²) in [5, 5.41) is 0. The molecule has 0 spiro atoms. The van der Waals surface area contributed by atoms with Crippen LogP contribution in [0.15, 0.2) is 0 Å². The van der Waals surface area contributed by atoms with Gasteiger partial charge in [0, 0.05) is 0 Å². The Morgan fingerprint density at radius 3 is 2.38 bits per heavy atom. The predicted octanol–water partition coefficient (Wildman–Crippen LogP) is -0.841. The average molecular weight is 120 g/mol. The van der Waals surface area contributed by atoms with Gasteiger partial charge in [-0.2, -0.15) is 0 Å². The largest absolute Gasteiger partial charge is 0.367 e. The number of alkyl halides is 1. The molecule has 4 N–H and O–H groups in total. The summed E-state index contributed by atoms with van der Waals surface area (Å²) in [6.07, 6.45) is -1.55. The molecule has 8 heavy (non-hydrogen) atoms. The fourth-order valence-electron chi connectivity index (χ4n) is 0.289. The summed E-state index contributed by atoms with van der Waals surface area (Å²) < 4.78 is 12.0. The Labute approximate surface area is 46.8 Å². The van der Waals surface area contributed by atoms with Crippen molar-refractivity contribution >= 4 is 5.91 Å². The number of halogens is 1. The lowest BCUT2D eigenvalue weighted by atomic mass is 10.3. The van der Waals surface area contributed by atoms with Crippen molar-refractivity contribution in [3.05, 3.63) is 0 Å². The molecular formula is C4H9FN2O. The van der Waals surface area contributed by atoms with Crippen LogP contribution >= 0.6 is 0 Å². The van der Waals surface area contributed by atoms with Crippen LogP contribution in [-0.4, -0.2) is 18.6 Å². The third kappa shape index (κ3) is 2.52. The lowest BCUT2D eigenvalue weighted by Crippen LogP contribution is -2.26. The number of carbonyl (C=O) groups excluding carboxylic acids is 1. The summed E-state index contributed by atoms with van der Waals surface area (Å²) in [6, 6.07) is 0. The minimum Gasteiger partial charge on any atom is -0.367 e. The Bertz CT molecular complexity index is 86.1. The van der Waals surface area contributed by atoms with Crippen LogP contribution in [0.3, 0.4) is 0 Å². The second-order valence-electron chi connectivity index (χ2n) is 1.45. The molecule has 48 valence electrons. The van der Waals surface area contributed by atoms with Crippen LogP contribution in [0.4, 0.5) is 4.39 Å². The van der Waals surface area contributed by atoms with Crippen LogP contribution in [-0.2, 0) is 4.79 Å². The molecule has 0 fully saturated rings. The molecule has 0 aromatic heterocycles. The van der Waals surface area contributed by atoms with Crippen LogP contribution in [0.25, 0.3) is 0 Å². The molecule has 0 saturated heterocycles. The number of carbonyl (C=O) groups is 1. The Balaban J connectivity index is 3.32. The predicted molar refractivity (Wildman–Crippen MR) is 27.8 cm³/mol. The Hall–Kier alpha value is -0.640. The van der Waals surface area contributed by atoms with Gasteiger partial charge < -0.3 is 11.5 Å². The molecule has 0 unspecified atom stereocenters. The van der Waals surface area contributed by atoms with Gasteiger partial charge in [-0.3, -0.25) is 4.79 Å². The molecule has 0 aromatic carbocycles. The van der Waals surface area contributed by atoms with Crippen molar-refractivity contribution < 1.29 is 9.18 Å². The van der Waals surface area contributed by atoms with Crippen LogP contribution in [0.1, 0.15) is 6.42 Å². The van der Waals surface area contributed by atoms with Gasteiger partial charge in [-0.05, 0) is 13.0 Å². The topological polar surface area (TPSA) is 69.1 Å². The summed E-state index contributed by atoms with van der Waals surface area (Å²) in [5.41, 5.74) is 9.47. The second kappa shape index (κ2) is 3.37. The van der Waals surface area contributed by atoms with E-state index >= 15 is 0 Å². The number of hydrogen-bond acceptors (Lipinski definition) is 2. The lowest BCUT2D eigenvalue weighted by Gasteiger charge is -1.97. The van der Waals surface area contributed by atoms with E-state index in [2.05, 4.69) is 5.73 Å². The molecule has 0 radical (unpaired) electrons. The highest BCUT2D eigenvalue weighted by Crippen LogP contribution is 1.92. The maximum atomic E-state index is 12.0. The van der Waals surface area contributed by atoms with Gasteiger partial charge in [0.25, 0.3) is 5.91 Å². The van der Waals surface area contributed by atoms with E-state index in [1.54, 1.807) is 0 Å². The smallest absolute Gasteiger partial charge is 0.252 e. The molecule has 0 aliphatic rings. The zero-order valence-electron chi connectivity index (χ0n) is 4.43. The SMILES string of the molecule is NCC[C@H](F)C(N)=O. The number of nitrogens with two attached hydrogens (primary N) is 2. The van der Waals surface area contributed by atoms with Gasteiger partial charge in [0.05, 0.1) is 0 Å². The minimum absolute atomic E-state index is 0.0231. The molecule has 1 atom stereocenters. The molecule has 1 amide bonds. The van der Waals surface area contributed by atoms with Gasteiger partial charge in [-0.25, -0.2) is 4.39 Å². The maximum absolute atomic E-state index is 12.0. The van der Waals surface area contributed by atoms with E-state index in [1.807, 2.05) is 0 Å². The summed E-state index contributed by atoms with van der Waals surface area (Å²) >= 11 is 0. The van der Waals surface area contributed by atoms with E-state index in [9.17, 15) is 9.18 Å². The molecule has 0 rings (SSSR count). The van der Waals surface area contributed by atoms with Gasteiger partial charge in [0.15, 0.2) is 6.17 Å². The summed E-state index contributed by atoms with van der Waals surface area (Å²) in [6.45, 7) is 0.157. The second-order valence-corrected chi connectivity index (χ2v) is 1.45. The van der Waals surface area contributed by atoms with E-state index < -0.39 is 12.1 Å². The molecule has 3 nitrogen and oxygen atoms in total. The first-order chi connectivity index (χ1) is 3.68. The quantitative estimate of drug-likeness (QED) is 0.509. The number of hydrogen-bond donors (Lipinski definition) is 2. The highest BCUT2D eigenvalue weighted by Gasteiger charge is 2.10. The zero-order valence-corrected chi connectivity index (χ0v) is 4.43. The summed E-state index contributed by atoms with van der Waals surface area (Å²) in [7, 11) is 0. The third-order valence-electron chi connectivity index (χ3n) is 0.729. The average Bonchev–Trinajstić information content (AvgIpc) is 1.67. The molecule has 0 bridgehead atoms. The van der Waals surface area contributed by atoms with Gasteiger partial charge >= 0.3 is 0 Å². The van der Waals surface area contributed by atoms with E-state index in [0.717, 1.165) is 0 Å². The highest BCUT2D eigenvalue weighted by molar-refractivity contribution is 5.78. The molecule has 4 heteroatoms. The summed E-state index contributed by atoms with van der Waals surface area (Å²) in [4.78, 5) is 9.88. The third-order valence-corrected chi connectivity index (χ3v) is 0.729. The zero-order chi connectivity index (χ0) is 6.57. The van der Waals surface area contributed by atoms with Crippen LogP contribution in [0, 0.1) is 0 Å². The first kappa shape index (κ1) is 7.36. The molecule has 0 aliphatic heterocycles. The van der Waals surface area contributed by atoms with E-state index in [0.29, 0.717) is 0 Å². The van der Waals surface area contributed by atoms with Crippen molar-refractivity contribution in [1.82, 2.24) is 0 Å². The summed E-state index contributed by atoms with van der Waals surface area (Å²) in [5.74, 6) is -0.935. The highest BCUT2D eigenvalue weighted by atomic mass is 19.1. The Morgan fingerprint density at radius 2 is 2.25 bits per heavy atom. The monoisotopic (exact) mass is 120 g/mol. The molecule has 0 aromatic rings. The van der Waals surface area contributed by atoms with E-state index in [1.165, 1.54) is 0 Å². The standard InChI is InChI=1S/C4H9FN2O/c5-3(1-2-6)4(7)8/h3H,1-2,6H2,(H2,7,8)/t3-/m0/s1. The lowest BCUT2D eigenvalue weighted by molar-refractivity contribution is -0.122. The minimum atomic E-state index is -1.57. The molecule has 0 aliphatic carbocycles. The van der Waals surface area contributed by atoms with E-state index in [4.69, 9.17) is 5.73 Å². The van der Waals surface area contributed by atoms with Crippen molar-refractivity contribution in [3.63, 3.8) is 0 Å². The van der Waals surface area contributed by atoms with Crippen molar-refractivity contribution in [2.75, 3.05) is 6.54 Å². The van der Waals surface area contributed by atoms with Crippen molar-refractivity contribution in [2.24, 2.45) is 11.5 Å². The van der Waals surface area contributed by atoms with Crippen molar-refractivity contribution in [3.8, 4) is 0 Å². The Kier molecular flexibility index (Phi) is 3.10. The van der Waals surface area contributed by atoms with Crippen LogP contribution in [0.5, 0.6) is 0 Å². The van der Waals surface area contributed by atoms with Gasteiger partial charge in [0.1, 0.15) is 0 Å². The van der Waals surface area contributed by atoms with Gasteiger partial charge in [-0.15, -0.1) is 0 Å². The number of primary amides is 1. The number of rotatable bonds is 3. The van der Waals surface area contributed by atoms with Crippen molar-refractivity contribution in [2.45, 2.75) is 12.6 Å². The molecular weight excluding hydrogens is 111 g/mol. The van der Waals surface area contributed by atoms with Crippen LogP contribution < -0.4 is 11.5 Å². The van der Waals surface area contributed by atoms with Crippen LogP contribution in [0.2, 0.25) is 0 Å². The Morgan fingerprint density at radius 1 is 1.75 bits per heavy atom. The van der Waals surface area contributed by atoms with Gasteiger partial charge in [0.2, 0.25) is 0 Å².